The second-order valence-electron chi connectivity index (χ2n) is 8.80. The molecular formula is C25H36O2. The fourth-order valence-electron chi connectivity index (χ4n) is 5.34. The zero-order valence-corrected chi connectivity index (χ0v) is 16.9. The SMILES string of the molecule is CCCc1ccc(C2CCC(C3CCC(C=CCC(=O)O)CC3)CC2)cc1. The van der Waals surface area contributed by atoms with Crippen molar-refractivity contribution in [3.05, 3.63) is 47.5 Å². The van der Waals surface area contributed by atoms with Gasteiger partial charge in [-0.15, -0.1) is 0 Å². The van der Waals surface area contributed by atoms with Crippen LogP contribution in [0, 0.1) is 17.8 Å². The largest absolute Gasteiger partial charge is 0.481 e. The fraction of sp³-hybridized carbons (Fsp3) is 0.640. The summed E-state index contributed by atoms with van der Waals surface area (Å²) in [5, 5.41) is 8.75. The molecule has 0 aromatic heterocycles. The van der Waals surface area contributed by atoms with E-state index < -0.39 is 5.97 Å². The van der Waals surface area contributed by atoms with Crippen molar-refractivity contribution in [2.45, 2.75) is 83.5 Å². The van der Waals surface area contributed by atoms with Crippen LogP contribution in [-0.4, -0.2) is 11.1 Å². The average Bonchev–Trinajstić information content (AvgIpc) is 2.69. The van der Waals surface area contributed by atoms with Crippen LogP contribution < -0.4 is 0 Å². The lowest BCUT2D eigenvalue weighted by Crippen LogP contribution is -2.25. The van der Waals surface area contributed by atoms with Gasteiger partial charge in [-0.3, -0.25) is 4.79 Å². The molecule has 0 spiro atoms. The lowest BCUT2D eigenvalue weighted by atomic mass is 9.68. The van der Waals surface area contributed by atoms with Crippen molar-refractivity contribution in [1.82, 2.24) is 0 Å². The number of carboxylic acid groups (broad SMARTS) is 1. The van der Waals surface area contributed by atoms with Crippen LogP contribution >= 0.6 is 0 Å². The number of benzene rings is 1. The van der Waals surface area contributed by atoms with Crippen molar-refractivity contribution >= 4 is 5.97 Å². The van der Waals surface area contributed by atoms with Gasteiger partial charge in [0.15, 0.2) is 0 Å². The van der Waals surface area contributed by atoms with E-state index in [2.05, 4.69) is 37.3 Å². The van der Waals surface area contributed by atoms with Crippen molar-refractivity contribution in [3.63, 3.8) is 0 Å². The number of allylic oxidation sites excluding steroid dienone is 1. The summed E-state index contributed by atoms with van der Waals surface area (Å²) in [4.78, 5) is 10.6. The van der Waals surface area contributed by atoms with Crippen LogP contribution in [0.5, 0.6) is 0 Å². The van der Waals surface area contributed by atoms with Gasteiger partial charge < -0.3 is 5.11 Å². The summed E-state index contributed by atoms with van der Waals surface area (Å²) in [5.74, 6) is 2.48. The Labute approximate surface area is 165 Å². The first-order valence-electron chi connectivity index (χ1n) is 11.1. The van der Waals surface area contributed by atoms with Gasteiger partial charge >= 0.3 is 5.97 Å². The smallest absolute Gasteiger partial charge is 0.307 e. The van der Waals surface area contributed by atoms with Crippen molar-refractivity contribution in [2.75, 3.05) is 0 Å². The predicted octanol–water partition coefficient (Wildman–Crippen LogP) is 6.75. The molecular weight excluding hydrogens is 332 g/mol. The van der Waals surface area contributed by atoms with E-state index in [1.54, 1.807) is 5.56 Å². The van der Waals surface area contributed by atoms with Gasteiger partial charge in [-0.2, -0.15) is 0 Å². The van der Waals surface area contributed by atoms with Crippen molar-refractivity contribution in [3.8, 4) is 0 Å². The van der Waals surface area contributed by atoms with Crippen molar-refractivity contribution in [2.24, 2.45) is 17.8 Å². The molecule has 2 fully saturated rings. The Balaban J connectivity index is 1.42. The van der Waals surface area contributed by atoms with Gasteiger partial charge in [0.25, 0.3) is 0 Å². The molecule has 0 amide bonds. The van der Waals surface area contributed by atoms with E-state index in [0.717, 1.165) is 17.8 Å². The molecule has 2 heteroatoms. The molecule has 0 radical (unpaired) electrons. The number of aliphatic carboxylic acids is 1. The van der Waals surface area contributed by atoms with E-state index in [1.165, 1.54) is 69.8 Å². The quantitative estimate of drug-likeness (QED) is 0.540. The topological polar surface area (TPSA) is 37.3 Å². The predicted molar refractivity (Wildman–Crippen MR) is 112 cm³/mol. The highest BCUT2D eigenvalue weighted by Gasteiger charge is 2.30. The number of aryl methyl sites for hydroxylation is 1. The van der Waals surface area contributed by atoms with Crippen LogP contribution in [0.15, 0.2) is 36.4 Å². The summed E-state index contributed by atoms with van der Waals surface area (Å²) in [6, 6.07) is 9.43. The molecule has 2 aliphatic carbocycles. The summed E-state index contributed by atoms with van der Waals surface area (Å²) in [6.07, 6.45) is 17.3. The molecule has 148 valence electrons. The van der Waals surface area contributed by atoms with Gasteiger partial charge in [-0.25, -0.2) is 0 Å². The molecule has 0 bridgehead atoms. The maximum Gasteiger partial charge on any atom is 0.307 e. The summed E-state index contributed by atoms with van der Waals surface area (Å²) < 4.78 is 0. The molecule has 1 aromatic carbocycles. The lowest BCUT2D eigenvalue weighted by Gasteiger charge is -2.37. The van der Waals surface area contributed by atoms with Gasteiger partial charge in [-0.05, 0) is 92.6 Å². The van der Waals surface area contributed by atoms with E-state index in [-0.39, 0.29) is 6.42 Å². The minimum Gasteiger partial charge on any atom is -0.481 e. The van der Waals surface area contributed by atoms with E-state index in [0.29, 0.717) is 5.92 Å². The molecule has 2 saturated carbocycles. The van der Waals surface area contributed by atoms with Gasteiger partial charge in [-0.1, -0.05) is 49.8 Å². The molecule has 2 aliphatic rings. The fourth-order valence-corrected chi connectivity index (χ4v) is 5.34. The molecule has 1 aromatic rings. The highest BCUT2D eigenvalue weighted by atomic mass is 16.4. The first-order valence-corrected chi connectivity index (χ1v) is 11.1. The third-order valence-electron chi connectivity index (χ3n) is 6.95. The lowest BCUT2D eigenvalue weighted by molar-refractivity contribution is -0.136. The highest BCUT2D eigenvalue weighted by Crippen LogP contribution is 2.44. The summed E-state index contributed by atoms with van der Waals surface area (Å²) in [7, 11) is 0. The highest BCUT2D eigenvalue weighted by molar-refractivity contribution is 5.68. The molecule has 27 heavy (non-hydrogen) atoms. The third-order valence-corrected chi connectivity index (χ3v) is 6.95. The van der Waals surface area contributed by atoms with E-state index in [9.17, 15) is 4.79 Å². The summed E-state index contributed by atoms with van der Waals surface area (Å²) in [6.45, 7) is 2.25. The zero-order chi connectivity index (χ0) is 19.1. The number of hydrogen-bond donors (Lipinski definition) is 1. The van der Waals surface area contributed by atoms with E-state index >= 15 is 0 Å². The Morgan fingerprint density at radius 1 is 0.963 bits per heavy atom. The Morgan fingerprint density at radius 3 is 2.11 bits per heavy atom. The van der Waals surface area contributed by atoms with E-state index in [4.69, 9.17) is 5.11 Å². The molecule has 0 heterocycles. The van der Waals surface area contributed by atoms with Crippen LogP contribution in [0.4, 0.5) is 0 Å². The molecule has 0 unspecified atom stereocenters. The molecule has 3 rings (SSSR count). The van der Waals surface area contributed by atoms with Gasteiger partial charge in [0.05, 0.1) is 6.42 Å². The number of carboxylic acids is 1. The Bertz CT molecular complexity index is 600. The molecule has 0 atom stereocenters. The molecule has 0 saturated heterocycles. The third kappa shape index (κ3) is 5.96. The zero-order valence-electron chi connectivity index (χ0n) is 16.9. The number of rotatable bonds is 7. The average molecular weight is 369 g/mol. The van der Waals surface area contributed by atoms with E-state index in [1.807, 2.05) is 6.08 Å². The normalized spacial score (nSPS) is 29.1. The van der Waals surface area contributed by atoms with Gasteiger partial charge in [0.1, 0.15) is 0 Å². The number of carbonyl (C=O) groups is 1. The monoisotopic (exact) mass is 368 g/mol. The minimum absolute atomic E-state index is 0.170. The molecule has 1 N–H and O–H groups in total. The van der Waals surface area contributed by atoms with Crippen molar-refractivity contribution in [1.29, 1.82) is 0 Å². The Hall–Kier alpha value is -1.57. The van der Waals surface area contributed by atoms with Crippen LogP contribution in [-0.2, 0) is 11.2 Å². The second kappa shape index (κ2) is 10.1. The Kier molecular flexibility index (Phi) is 7.55. The van der Waals surface area contributed by atoms with Crippen LogP contribution in [0.25, 0.3) is 0 Å². The summed E-state index contributed by atoms with van der Waals surface area (Å²) in [5.41, 5.74) is 3.03. The van der Waals surface area contributed by atoms with Gasteiger partial charge in [0.2, 0.25) is 0 Å². The molecule has 2 nitrogen and oxygen atoms in total. The maximum absolute atomic E-state index is 10.6. The summed E-state index contributed by atoms with van der Waals surface area (Å²) >= 11 is 0. The number of hydrogen-bond acceptors (Lipinski definition) is 1. The van der Waals surface area contributed by atoms with Crippen LogP contribution in [0.2, 0.25) is 0 Å². The maximum atomic E-state index is 10.6. The van der Waals surface area contributed by atoms with Gasteiger partial charge in [0, 0.05) is 0 Å². The minimum atomic E-state index is -0.725. The Morgan fingerprint density at radius 2 is 1.56 bits per heavy atom. The van der Waals surface area contributed by atoms with Crippen molar-refractivity contribution < 1.29 is 9.90 Å². The first kappa shape index (κ1) is 20.2. The van der Waals surface area contributed by atoms with Crippen LogP contribution in [0.3, 0.4) is 0 Å². The standard InChI is InChI=1S/C25H36O2/c1-2-4-19-7-11-21(12-8-19)23-15-17-24(18-16-23)22-13-9-20(10-14-22)5-3-6-25(26)27/h3,5,7-8,11-12,20,22-24H,2,4,6,9-10,13-18H2,1H3,(H,26,27). The van der Waals surface area contributed by atoms with Crippen LogP contribution in [0.1, 0.15) is 88.2 Å². The first-order chi connectivity index (χ1) is 13.2. The second-order valence-corrected chi connectivity index (χ2v) is 8.80. The molecule has 0 aliphatic heterocycles.